The van der Waals surface area contributed by atoms with Gasteiger partial charge in [-0.25, -0.2) is 13.1 Å². The summed E-state index contributed by atoms with van der Waals surface area (Å²) >= 11 is 0. The summed E-state index contributed by atoms with van der Waals surface area (Å²) in [5.74, 6) is 0.413. The Labute approximate surface area is 182 Å². The highest BCUT2D eigenvalue weighted by Crippen LogP contribution is 2.25. The highest BCUT2D eigenvalue weighted by atomic mass is 32.2. The molecule has 2 N–H and O–H groups in total. The van der Waals surface area contributed by atoms with Gasteiger partial charge in [0.2, 0.25) is 10.0 Å². The molecular formula is C24H24N2O4S. The summed E-state index contributed by atoms with van der Waals surface area (Å²) in [5.41, 5.74) is 2.18. The predicted molar refractivity (Wildman–Crippen MR) is 121 cm³/mol. The van der Waals surface area contributed by atoms with Crippen LogP contribution >= 0.6 is 0 Å². The van der Waals surface area contributed by atoms with Crippen molar-refractivity contribution in [3.63, 3.8) is 0 Å². The molecule has 1 atom stereocenters. The minimum Gasteiger partial charge on any atom is -0.497 e. The molecule has 1 unspecified atom stereocenters. The second-order valence-electron chi connectivity index (χ2n) is 6.76. The third-order valence-electron chi connectivity index (χ3n) is 4.70. The maximum Gasteiger partial charge on any atom is 0.252 e. The first-order valence-corrected chi connectivity index (χ1v) is 11.1. The Morgan fingerprint density at radius 1 is 0.968 bits per heavy atom. The number of ether oxygens (including phenoxy) is 1. The molecule has 0 aliphatic heterocycles. The Hall–Kier alpha value is -3.42. The quantitative estimate of drug-likeness (QED) is 0.501. The number of methoxy groups -OCH3 is 1. The van der Waals surface area contributed by atoms with Crippen LogP contribution in [0.4, 0.5) is 0 Å². The predicted octanol–water partition coefficient (Wildman–Crippen LogP) is 3.68. The van der Waals surface area contributed by atoms with Crippen molar-refractivity contribution in [2.24, 2.45) is 0 Å². The lowest BCUT2D eigenvalue weighted by Crippen LogP contribution is -2.29. The van der Waals surface area contributed by atoms with Crippen LogP contribution in [0.15, 0.2) is 96.4 Å². The smallest absolute Gasteiger partial charge is 0.252 e. The molecule has 0 fully saturated rings. The van der Waals surface area contributed by atoms with E-state index in [4.69, 9.17) is 4.74 Å². The first-order chi connectivity index (χ1) is 14.9. The normalized spacial score (nSPS) is 12.0. The molecule has 3 aromatic rings. The van der Waals surface area contributed by atoms with Gasteiger partial charge in [0, 0.05) is 12.1 Å². The van der Waals surface area contributed by atoms with Crippen molar-refractivity contribution in [2.75, 3.05) is 13.7 Å². The summed E-state index contributed by atoms with van der Waals surface area (Å²) in [7, 11) is -2.05. The third-order valence-corrected chi connectivity index (χ3v) is 6.14. The van der Waals surface area contributed by atoms with E-state index in [1.54, 1.807) is 7.11 Å². The highest BCUT2D eigenvalue weighted by molar-refractivity contribution is 7.89. The van der Waals surface area contributed by atoms with Gasteiger partial charge in [0.1, 0.15) is 5.75 Å². The van der Waals surface area contributed by atoms with Crippen LogP contribution in [0.1, 0.15) is 27.5 Å². The third kappa shape index (κ3) is 5.59. The van der Waals surface area contributed by atoms with Crippen molar-refractivity contribution < 1.29 is 17.9 Å². The van der Waals surface area contributed by atoms with Crippen LogP contribution < -0.4 is 14.8 Å². The monoisotopic (exact) mass is 436 g/mol. The molecule has 0 spiro atoms. The number of carbonyl (C=O) groups excluding carboxylic acids is 1. The summed E-state index contributed by atoms with van der Waals surface area (Å²) in [4.78, 5) is 13.0. The topological polar surface area (TPSA) is 84.5 Å². The SMILES string of the molecule is C=CCNS(=O)(=O)c1ccc(C(=O)NC(c2ccccc2)c2ccc(OC)cc2)cc1. The molecule has 0 saturated carbocycles. The maximum absolute atomic E-state index is 12.9. The fourth-order valence-electron chi connectivity index (χ4n) is 3.05. The molecule has 7 heteroatoms. The molecule has 0 bridgehead atoms. The van der Waals surface area contributed by atoms with E-state index in [-0.39, 0.29) is 23.4 Å². The molecule has 0 heterocycles. The molecule has 0 radical (unpaired) electrons. The number of sulfonamides is 1. The van der Waals surface area contributed by atoms with Gasteiger partial charge in [-0.1, -0.05) is 48.5 Å². The van der Waals surface area contributed by atoms with Crippen LogP contribution in [0, 0.1) is 0 Å². The first kappa shape index (κ1) is 22.3. The molecule has 3 rings (SSSR count). The van der Waals surface area contributed by atoms with E-state index < -0.39 is 10.0 Å². The molecule has 31 heavy (non-hydrogen) atoms. The van der Waals surface area contributed by atoms with Crippen LogP contribution in [-0.4, -0.2) is 28.0 Å². The molecule has 160 valence electrons. The standard InChI is InChI=1S/C24H24N2O4S/c1-3-17-25-31(28,29)22-15-11-20(12-16-22)24(27)26-23(18-7-5-4-6-8-18)19-9-13-21(30-2)14-10-19/h3-16,23,25H,1,17H2,2H3,(H,26,27). The second-order valence-corrected chi connectivity index (χ2v) is 8.52. The van der Waals surface area contributed by atoms with Gasteiger partial charge in [-0.05, 0) is 47.5 Å². The molecule has 1 amide bonds. The lowest BCUT2D eigenvalue weighted by molar-refractivity contribution is 0.0943. The molecular weight excluding hydrogens is 412 g/mol. The van der Waals surface area contributed by atoms with Gasteiger partial charge >= 0.3 is 0 Å². The summed E-state index contributed by atoms with van der Waals surface area (Å²) in [6.07, 6.45) is 1.46. The van der Waals surface area contributed by atoms with Gasteiger partial charge in [-0.15, -0.1) is 6.58 Å². The Bertz CT molecular complexity index is 1130. The van der Waals surface area contributed by atoms with Crippen molar-refractivity contribution in [3.8, 4) is 5.75 Å². The Morgan fingerprint density at radius 3 is 2.16 bits per heavy atom. The Morgan fingerprint density at radius 2 is 1.58 bits per heavy atom. The number of carbonyl (C=O) groups is 1. The van der Waals surface area contributed by atoms with E-state index >= 15 is 0 Å². The van der Waals surface area contributed by atoms with E-state index in [9.17, 15) is 13.2 Å². The largest absolute Gasteiger partial charge is 0.497 e. The second kappa shape index (κ2) is 10.1. The van der Waals surface area contributed by atoms with Gasteiger partial charge in [0.25, 0.3) is 5.91 Å². The minimum atomic E-state index is -3.65. The van der Waals surface area contributed by atoms with E-state index in [1.165, 1.54) is 30.3 Å². The summed E-state index contributed by atoms with van der Waals surface area (Å²) in [5, 5.41) is 3.04. The van der Waals surface area contributed by atoms with Gasteiger partial charge in [0.05, 0.1) is 18.0 Å². The summed E-state index contributed by atoms with van der Waals surface area (Å²) < 4.78 is 32.0. The fraction of sp³-hybridized carbons (Fsp3) is 0.125. The van der Waals surface area contributed by atoms with Gasteiger partial charge in [0.15, 0.2) is 0 Å². The van der Waals surface area contributed by atoms with E-state index in [2.05, 4.69) is 16.6 Å². The Balaban J connectivity index is 1.84. The number of benzene rings is 3. The van der Waals surface area contributed by atoms with E-state index in [1.807, 2.05) is 54.6 Å². The van der Waals surface area contributed by atoms with Crippen LogP contribution in [0.2, 0.25) is 0 Å². The number of hydrogen-bond acceptors (Lipinski definition) is 4. The maximum atomic E-state index is 12.9. The number of hydrogen-bond donors (Lipinski definition) is 2. The van der Waals surface area contributed by atoms with Crippen molar-refractivity contribution in [1.82, 2.24) is 10.0 Å². The molecule has 6 nitrogen and oxygen atoms in total. The van der Waals surface area contributed by atoms with Crippen molar-refractivity contribution in [2.45, 2.75) is 10.9 Å². The molecule has 0 aliphatic rings. The van der Waals surface area contributed by atoms with Gasteiger partial charge in [-0.2, -0.15) is 0 Å². The molecule has 0 aliphatic carbocycles. The van der Waals surface area contributed by atoms with Crippen LogP contribution in [0.5, 0.6) is 5.75 Å². The number of nitrogens with one attached hydrogen (secondary N) is 2. The van der Waals surface area contributed by atoms with Crippen LogP contribution in [0.25, 0.3) is 0 Å². The molecule has 0 aromatic heterocycles. The zero-order valence-corrected chi connectivity index (χ0v) is 17.9. The molecule has 0 saturated heterocycles. The van der Waals surface area contributed by atoms with Crippen LogP contribution in [0.3, 0.4) is 0 Å². The summed E-state index contributed by atoms with van der Waals surface area (Å²) in [6.45, 7) is 3.63. The average molecular weight is 437 g/mol. The van der Waals surface area contributed by atoms with Gasteiger partial charge in [-0.3, -0.25) is 4.79 Å². The Kier molecular flexibility index (Phi) is 7.23. The van der Waals surface area contributed by atoms with Crippen LogP contribution in [-0.2, 0) is 10.0 Å². The van der Waals surface area contributed by atoms with E-state index in [0.29, 0.717) is 5.56 Å². The first-order valence-electron chi connectivity index (χ1n) is 9.65. The van der Waals surface area contributed by atoms with Gasteiger partial charge < -0.3 is 10.1 Å². The average Bonchev–Trinajstić information content (AvgIpc) is 2.82. The van der Waals surface area contributed by atoms with Crippen molar-refractivity contribution in [1.29, 1.82) is 0 Å². The molecule has 3 aromatic carbocycles. The van der Waals surface area contributed by atoms with Crippen molar-refractivity contribution >= 4 is 15.9 Å². The highest BCUT2D eigenvalue weighted by Gasteiger charge is 2.19. The van der Waals surface area contributed by atoms with E-state index in [0.717, 1.165) is 16.9 Å². The fourth-order valence-corrected chi connectivity index (χ4v) is 4.05. The number of amides is 1. The lowest BCUT2D eigenvalue weighted by atomic mass is 9.98. The summed E-state index contributed by atoms with van der Waals surface area (Å²) in [6, 6.07) is 22.5. The minimum absolute atomic E-state index is 0.0839. The zero-order valence-electron chi connectivity index (χ0n) is 17.1. The zero-order chi connectivity index (χ0) is 22.3. The number of rotatable bonds is 9. The lowest BCUT2D eigenvalue weighted by Gasteiger charge is -2.20. The van der Waals surface area contributed by atoms with Crippen molar-refractivity contribution in [3.05, 3.63) is 108 Å².